The van der Waals surface area contributed by atoms with Gasteiger partial charge in [-0.1, -0.05) is 49.4 Å². The number of aryl methyl sites for hydroxylation is 1. The van der Waals surface area contributed by atoms with Gasteiger partial charge in [-0.05, 0) is 70.0 Å². The van der Waals surface area contributed by atoms with Crippen molar-refractivity contribution in [2.24, 2.45) is 0 Å². The van der Waals surface area contributed by atoms with E-state index in [0.717, 1.165) is 44.8 Å². The van der Waals surface area contributed by atoms with E-state index in [0.29, 0.717) is 6.61 Å². The third-order valence-electron chi connectivity index (χ3n) is 4.37. The molecule has 0 unspecified atom stereocenters. The van der Waals surface area contributed by atoms with Gasteiger partial charge in [-0.25, -0.2) is 0 Å². The lowest BCUT2D eigenvalue weighted by molar-refractivity contribution is 0.282. The zero-order chi connectivity index (χ0) is 19.1. The van der Waals surface area contributed by atoms with Crippen LogP contribution in [0.5, 0.6) is 11.5 Å². The first-order chi connectivity index (χ1) is 13.2. The lowest BCUT2D eigenvalue weighted by Gasteiger charge is -2.15. The average molecular weight is 473 g/mol. The Bertz CT molecular complexity index is 864. The Morgan fingerprint density at radius 3 is 2.30 bits per heavy atom. The lowest BCUT2D eigenvalue weighted by Crippen LogP contribution is -2.03. The molecule has 0 saturated carbocycles. The summed E-state index contributed by atoms with van der Waals surface area (Å²) in [5, 5.41) is 3.47. The summed E-state index contributed by atoms with van der Waals surface area (Å²) in [6, 6.07) is 22.9. The number of ether oxygens (including phenoxy) is 2. The summed E-state index contributed by atoms with van der Waals surface area (Å²) >= 11 is 2.31. The molecule has 0 atom stereocenters. The zero-order valence-electron chi connectivity index (χ0n) is 15.7. The van der Waals surface area contributed by atoms with E-state index in [-0.39, 0.29) is 0 Å². The molecule has 3 rings (SSSR count). The maximum Gasteiger partial charge on any atom is 0.174 e. The van der Waals surface area contributed by atoms with Crippen molar-refractivity contribution in [3.63, 3.8) is 0 Å². The zero-order valence-corrected chi connectivity index (χ0v) is 17.8. The highest BCUT2D eigenvalue weighted by atomic mass is 127. The number of methoxy groups -OCH3 is 1. The molecule has 0 radical (unpaired) electrons. The number of hydrogen-bond donors (Lipinski definition) is 1. The van der Waals surface area contributed by atoms with Crippen molar-refractivity contribution in [1.82, 2.24) is 0 Å². The first-order valence-corrected chi connectivity index (χ1v) is 10.1. The van der Waals surface area contributed by atoms with Crippen LogP contribution in [0.4, 0.5) is 5.69 Å². The molecular formula is C23H24INO2. The van der Waals surface area contributed by atoms with Gasteiger partial charge in [0.15, 0.2) is 11.5 Å². The van der Waals surface area contributed by atoms with Crippen molar-refractivity contribution >= 4 is 28.3 Å². The predicted octanol–water partition coefficient (Wildman–Crippen LogP) is 6.05. The molecule has 0 aliphatic carbocycles. The van der Waals surface area contributed by atoms with Crippen LogP contribution in [0.15, 0.2) is 66.7 Å². The number of halogens is 1. The smallest absolute Gasteiger partial charge is 0.174 e. The Balaban J connectivity index is 1.69. The number of nitrogens with one attached hydrogen (secondary N) is 1. The summed E-state index contributed by atoms with van der Waals surface area (Å²) < 4.78 is 12.7. The van der Waals surface area contributed by atoms with Gasteiger partial charge in [-0.3, -0.25) is 0 Å². The topological polar surface area (TPSA) is 30.5 Å². The van der Waals surface area contributed by atoms with Crippen LogP contribution in [-0.4, -0.2) is 7.11 Å². The van der Waals surface area contributed by atoms with Crippen molar-refractivity contribution in [1.29, 1.82) is 0 Å². The van der Waals surface area contributed by atoms with E-state index >= 15 is 0 Å². The van der Waals surface area contributed by atoms with Crippen LogP contribution in [0.3, 0.4) is 0 Å². The summed E-state index contributed by atoms with van der Waals surface area (Å²) in [6.07, 6.45) is 1.06. The molecular weight excluding hydrogens is 449 g/mol. The van der Waals surface area contributed by atoms with Gasteiger partial charge in [-0.15, -0.1) is 0 Å². The summed E-state index contributed by atoms with van der Waals surface area (Å²) in [5.74, 6) is 1.55. The highest BCUT2D eigenvalue weighted by Crippen LogP contribution is 2.34. The Kier molecular flexibility index (Phi) is 6.98. The van der Waals surface area contributed by atoms with Gasteiger partial charge in [0.1, 0.15) is 6.61 Å². The van der Waals surface area contributed by atoms with Crippen molar-refractivity contribution in [3.05, 3.63) is 87.0 Å². The van der Waals surface area contributed by atoms with Gasteiger partial charge in [0.25, 0.3) is 0 Å². The van der Waals surface area contributed by atoms with Crippen LogP contribution in [0.25, 0.3) is 0 Å². The predicted molar refractivity (Wildman–Crippen MR) is 120 cm³/mol. The molecule has 0 aliphatic rings. The van der Waals surface area contributed by atoms with E-state index in [9.17, 15) is 0 Å². The highest BCUT2D eigenvalue weighted by Gasteiger charge is 2.12. The van der Waals surface area contributed by atoms with E-state index in [4.69, 9.17) is 9.47 Å². The Morgan fingerprint density at radius 2 is 1.63 bits per heavy atom. The summed E-state index contributed by atoms with van der Waals surface area (Å²) in [6.45, 7) is 3.42. The summed E-state index contributed by atoms with van der Waals surface area (Å²) in [5.41, 5.74) is 4.75. The number of benzene rings is 3. The third-order valence-corrected chi connectivity index (χ3v) is 5.18. The second-order valence-corrected chi connectivity index (χ2v) is 7.45. The maximum absolute atomic E-state index is 6.04. The molecule has 27 heavy (non-hydrogen) atoms. The fourth-order valence-electron chi connectivity index (χ4n) is 2.81. The van der Waals surface area contributed by atoms with Crippen molar-refractivity contribution in [3.8, 4) is 11.5 Å². The molecule has 4 heteroatoms. The molecule has 0 heterocycles. The number of anilines is 1. The van der Waals surface area contributed by atoms with Crippen LogP contribution in [-0.2, 0) is 19.6 Å². The van der Waals surface area contributed by atoms with Crippen LogP contribution in [0.2, 0.25) is 0 Å². The molecule has 0 aromatic heterocycles. The van der Waals surface area contributed by atoms with Gasteiger partial charge in [-0.2, -0.15) is 0 Å². The van der Waals surface area contributed by atoms with Gasteiger partial charge in [0.05, 0.1) is 10.7 Å². The molecule has 0 amide bonds. The van der Waals surface area contributed by atoms with E-state index in [1.165, 1.54) is 5.56 Å². The van der Waals surface area contributed by atoms with Gasteiger partial charge in [0.2, 0.25) is 0 Å². The van der Waals surface area contributed by atoms with E-state index in [2.05, 4.69) is 77.3 Å². The van der Waals surface area contributed by atoms with Crippen LogP contribution in [0, 0.1) is 3.57 Å². The Hall–Kier alpha value is -2.21. The Labute approximate surface area is 174 Å². The van der Waals surface area contributed by atoms with Gasteiger partial charge < -0.3 is 14.8 Å². The fraction of sp³-hybridized carbons (Fsp3) is 0.217. The first kappa shape index (κ1) is 19.5. The second kappa shape index (κ2) is 9.65. The van der Waals surface area contributed by atoms with E-state index < -0.39 is 0 Å². The largest absolute Gasteiger partial charge is 0.493 e. The minimum atomic E-state index is 0.522. The lowest BCUT2D eigenvalue weighted by atomic mass is 10.1. The Morgan fingerprint density at radius 1 is 0.889 bits per heavy atom. The van der Waals surface area contributed by atoms with Crippen LogP contribution in [0.1, 0.15) is 23.6 Å². The number of rotatable bonds is 8. The molecule has 0 bridgehead atoms. The maximum atomic E-state index is 6.04. The highest BCUT2D eigenvalue weighted by molar-refractivity contribution is 14.1. The van der Waals surface area contributed by atoms with Gasteiger partial charge >= 0.3 is 0 Å². The molecule has 0 saturated heterocycles. The monoisotopic (exact) mass is 473 g/mol. The quantitative estimate of drug-likeness (QED) is 0.404. The van der Waals surface area contributed by atoms with Crippen LogP contribution >= 0.6 is 22.6 Å². The first-order valence-electron chi connectivity index (χ1n) is 9.05. The molecule has 0 fully saturated rings. The molecule has 3 aromatic carbocycles. The third kappa shape index (κ3) is 5.39. The van der Waals surface area contributed by atoms with Crippen molar-refractivity contribution in [2.75, 3.05) is 12.4 Å². The van der Waals surface area contributed by atoms with E-state index in [1.54, 1.807) is 7.11 Å². The van der Waals surface area contributed by atoms with Crippen molar-refractivity contribution in [2.45, 2.75) is 26.5 Å². The molecule has 3 aromatic rings. The molecule has 1 N–H and O–H groups in total. The second-order valence-electron chi connectivity index (χ2n) is 6.29. The van der Waals surface area contributed by atoms with E-state index in [1.807, 2.05) is 24.3 Å². The average Bonchev–Trinajstić information content (AvgIpc) is 2.72. The normalized spacial score (nSPS) is 10.5. The summed E-state index contributed by atoms with van der Waals surface area (Å²) in [7, 11) is 1.68. The SMILES string of the molecule is CCc1ccc(NCc2cc(I)c(OCc3ccccc3)c(OC)c2)cc1. The minimum Gasteiger partial charge on any atom is -0.493 e. The van der Waals surface area contributed by atoms with Gasteiger partial charge in [0, 0.05) is 12.2 Å². The molecule has 140 valence electrons. The molecule has 3 nitrogen and oxygen atoms in total. The van der Waals surface area contributed by atoms with Crippen molar-refractivity contribution < 1.29 is 9.47 Å². The minimum absolute atomic E-state index is 0.522. The summed E-state index contributed by atoms with van der Waals surface area (Å²) in [4.78, 5) is 0. The number of hydrogen-bond acceptors (Lipinski definition) is 3. The molecule has 0 aliphatic heterocycles. The standard InChI is InChI=1S/C23H24INO2/c1-3-17-9-11-20(12-10-17)25-15-19-13-21(24)23(22(14-19)26-2)27-16-18-7-5-4-6-8-18/h4-14,25H,3,15-16H2,1-2H3. The van der Waals surface area contributed by atoms with Crippen LogP contribution < -0.4 is 14.8 Å². The molecule has 0 spiro atoms. The fourth-order valence-corrected chi connectivity index (χ4v) is 3.63.